The Bertz CT molecular complexity index is 847. The van der Waals surface area contributed by atoms with E-state index < -0.39 is 29.3 Å². The third-order valence-electron chi connectivity index (χ3n) is 4.84. The Labute approximate surface area is 158 Å². The monoisotopic (exact) mass is 394 g/mol. The molecule has 1 amide bonds. The lowest BCUT2D eigenvalue weighted by atomic mass is 9.72. The minimum atomic E-state index is -1.26. The molecule has 3 rings (SSSR count). The summed E-state index contributed by atoms with van der Waals surface area (Å²) < 4.78 is 14.3. The standard InChI is InChI=1S/C17H19FN4O4S/c1-10-8-17(14(23)24,4-6-22(10)16(25)26)9-12-11(18)2-3-13(20-12)21-15-19-5-7-27-15/h2-3,5,7,10H,4,6,8-9H2,1H3,(H,23,24)(H,25,26)(H,19,20,21). The molecule has 10 heteroatoms. The molecule has 2 atom stereocenters. The summed E-state index contributed by atoms with van der Waals surface area (Å²) in [5, 5.41) is 24.4. The van der Waals surface area contributed by atoms with Crippen molar-refractivity contribution in [1.82, 2.24) is 14.9 Å². The third-order valence-corrected chi connectivity index (χ3v) is 5.53. The minimum absolute atomic E-state index is 0.0370. The van der Waals surface area contributed by atoms with Crippen molar-refractivity contribution < 1.29 is 24.2 Å². The topological polar surface area (TPSA) is 116 Å². The fraction of sp³-hybridized carbons (Fsp3) is 0.412. The molecule has 1 fully saturated rings. The first-order valence-electron chi connectivity index (χ1n) is 8.36. The number of aliphatic carboxylic acids is 1. The summed E-state index contributed by atoms with van der Waals surface area (Å²) in [4.78, 5) is 32.8. The van der Waals surface area contributed by atoms with Crippen LogP contribution in [0.5, 0.6) is 0 Å². The fourth-order valence-corrected chi connectivity index (χ4v) is 3.98. The average Bonchev–Trinajstić information content (AvgIpc) is 3.10. The largest absolute Gasteiger partial charge is 0.481 e. The molecule has 0 spiro atoms. The van der Waals surface area contributed by atoms with Crippen molar-refractivity contribution in [1.29, 1.82) is 0 Å². The van der Waals surface area contributed by atoms with Gasteiger partial charge in [0.15, 0.2) is 5.13 Å². The Balaban J connectivity index is 1.85. The van der Waals surface area contributed by atoms with Crippen molar-refractivity contribution in [2.45, 2.75) is 32.2 Å². The Hall–Kier alpha value is -2.75. The van der Waals surface area contributed by atoms with Crippen LogP contribution in [0.4, 0.5) is 20.1 Å². The summed E-state index contributed by atoms with van der Waals surface area (Å²) in [7, 11) is 0. The van der Waals surface area contributed by atoms with Gasteiger partial charge in [0.1, 0.15) is 11.6 Å². The molecule has 0 saturated carbocycles. The van der Waals surface area contributed by atoms with E-state index in [0.29, 0.717) is 10.9 Å². The highest BCUT2D eigenvalue weighted by Gasteiger charge is 2.46. The number of aromatic nitrogens is 2. The van der Waals surface area contributed by atoms with Crippen LogP contribution in [0.2, 0.25) is 0 Å². The Morgan fingerprint density at radius 2 is 2.22 bits per heavy atom. The van der Waals surface area contributed by atoms with Crippen LogP contribution in [0.3, 0.4) is 0 Å². The predicted molar refractivity (Wildman–Crippen MR) is 96.8 cm³/mol. The molecule has 0 aliphatic carbocycles. The van der Waals surface area contributed by atoms with Crippen LogP contribution in [0.1, 0.15) is 25.5 Å². The highest BCUT2D eigenvalue weighted by Crippen LogP contribution is 2.39. The fourth-order valence-electron chi connectivity index (χ4n) is 3.44. The van der Waals surface area contributed by atoms with Gasteiger partial charge in [-0.2, -0.15) is 0 Å². The quantitative estimate of drug-likeness (QED) is 0.713. The SMILES string of the molecule is CC1CC(Cc2nc(Nc3nccs3)ccc2F)(C(=O)O)CCN1C(=O)O. The molecule has 8 nitrogen and oxygen atoms in total. The zero-order valence-electron chi connectivity index (χ0n) is 14.6. The van der Waals surface area contributed by atoms with Gasteiger partial charge >= 0.3 is 12.1 Å². The van der Waals surface area contributed by atoms with Crippen LogP contribution >= 0.6 is 11.3 Å². The van der Waals surface area contributed by atoms with Gasteiger partial charge in [-0.05, 0) is 31.9 Å². The first kappa shape index (κ1) is 19.0. The number of carbonyl (C=O) groups is 2. The van der Waals surface area contributed by atoms with Gasteiger partial charge in [-0.15, -0.1) is 11.3 Å². The maximum atomic E-state index is 14.3. The number of amides is 1. The van der Waals surface area contributed by atoms with Gasteiger partial charge in [0, 0.05) is 30.6 Å². The van der Waals surface area contributed by atoms with E-state index in [4.69, 9.17) is 0 Å². The zero-order chi connectivity index (χ0) is 19.6. The van der Waals surface area contributed by atoms with E-state index in [9.17, 15) is 24.2 Å². The molecule has 2 aromatic rings. The molecule has 2 unspecified atom stereocenters. The summed E-state index contributed by atoms with van der Waals surface area (Å²) in [6, 6.07) is 2.22. The van der Waals surface area contributed by atoms with Gasteiger partial charge in [-0.3, -0.25) is 4.79 Å². The summed E-state index contributed by atoms with van der Waals surface area (Å²) in [6.45, 7) is 1.75. The number of carboxylic acid groups (broad SMARTS) is 2. The number of halogens is 1. The molecule has 3 heterocycles. The number of nitrogens with one attached hydrogen (secondary N) is 1. The maximum Gasteiger partial charge on any atom is 0.407 e. The van der Waals surface area contributed by atoms with Crippen molar-refractivity contribution >= 4 is 34.3 Å². The van der Waals surface area contributed by atoms with E-state index in [1.165, 1.54) is 28.4 Å². The molecule has 27 heavy (non-hydrogen) atoms. The van der Waals surface area contributed by atoms with Gasteiger partial charge in [0.25, 0.3) is 0 Å². The number of carboxylic acids is 1. The molecule has 2 aromatic heterocycles. The molecule has 0 aromatic carbocycles. The molecule has 1 aliphatic heterocycles. The van der Waals surface area contributed by atoms with E-state index in [2.05, 4.69) is 15.3 Å². The second kappa shape index (κ2) is 7.47. The number of thiazole rings is 1. The first-order chi connectivity index (χ1) is 12.8. The van der Waals surface area contributed by atoms with Gasteiger partial charge < -0.3 is 20.4 Å². The summed E-state index contributed by atoms with van der Waals surface area (Å²) in [5.41, 5.74) is -1.23. The van der Waals surface area contributed by atoms with E-state index >= 15 is 0 Å². The smallest absolute Gasteiger partial charge is 0.407 e. The number of anilines is 2. The molecule has 1 aliphatic rings. The molecule has 0 bridgehead atoms. The molecular formula is C17H19FN4O4S. The lowest BCUT2D eigenvalue weighted by Gasteiger charge is -2.41. The average molecular weight is 394 g/mol. The van der Waals surface area contributed by atoms with Crippen LogP contribution in [-0.4, -0.2) is 49.7 Å². The van der Waals surface area contributed by atoms with Gasteiger partial charge in [-0.1, -0.05) is 0 Å². The number of nitrogens with zero attached hydrogens (tertiary/aromatic N) is 3. The lowest BCUT2D eigenvalue weighted by molar-refractivity contribution is -0.153. The van der Waals surface area contributed by atoms with Crippen LogP contribution < -0.4 is 5.32 Å². The Morgan fingerprint density at radius 1 is 1.44 bits per heavy atom. The minimum Gasteiger partial charge on any atom is -0.481 e. The highest BCUT2D eigenvalue weighted by atomic mass is 32.1. The number of rotatable bonds is 5. The number of hydrogen-bond donors (Lipinski definition) is 3. The lowest BCUT2D eigenvalue weighted by Crippen LogP contribution is -2.51. The van der Waals surface area contributed by atoms with E-state index in [1.807, 2.05) is 0 Å². The maximum absolute atomic E-state index is 14.3. The van der Waals surface area contributed by atoms with Crippen molar-refractivity contribution in [2.24, 2.45) is 5.41 Å². The summed E-state index contributed by atoms with van der Waals surface area (Å²) in [5.74, 6) is -1.29. The van der Waals surface area contributed by atoms with Crippen molar-refractivity contribution in [2.75, 3.05) is 11.9 Å². The van der Waals surface area contributed by atoms with E-state index in [1.54, 1.807) is 18.5 Å². The second-order valence-electron chi connectivity index (χ2n) is 6.63. The highest BCUT2D eigenvalue weighted by molar-refractivity contribution is 7.13. The predicted octanol–water partition coefficient (Wildman–Crippen LogP) is 3.20. The molecule has 1 saturated heterocycles. The molecule has 144 valence electrons. The summed E-state index contributed by atoms with van der Waals surface area (Å²) >= 11 is 1.36. The summed E-state index contributed by atoms with van der Waals surface area (Å²) in [6.07, 6.45) is 0.623. The van der Waals surface area contributed by atoms with Gasteiger partial charge in [0.05, 0.1) is 11.1 Å². The van der Waals surface area contributed by atoms with Crippen LogP contribution in [0.25, 0.3) is 0 Å². The van der Waals surface area contributed by atoms with E-state index in [-0.39, 0.29) is 31.5 Å². The van der Waals surface area contributed by atoms with Gasteiger partial charge in [0.2, 0.25) is 0 Å². The van der Waals surface area contributed by atoms with Crippen molar-refractivity contribution in [3.8, 4) is 0 Å². The first-order valence-corrected chi connectivity index (χ1v) is 9.23. The zero-order valence-corrected chi connectivity index (χ0v) is 15.4. The number of pyridine rings is 1. The Morgan fingerprint density at radius 3 is 2.81 bits per heavy atom. The van der Waals surface area contributed by atoms with Crippen LogP contribution in [0, 0.1) is 11.2 Å². The van der Waals surface area contributed by atoms with Crippen LogP contribution in [0.15, 0.2) is 23.7 Å². The Kier molecular flexibility index (Phi) is 5.26. The van der Waals surface area contributed by atoms with Gasteiger partial charge in [-0.25, -0.2) is 19.2 Å². The van der Waals surface area contributed by atoms with Crippen LogP contribution in [-0.2, 0) is 11.2 Å². The third kappa shape index (κ3) is 4.00. The van der Waals surface area contributed by atoms with Crippen molar-refractivity contribution in [3.63, 3.8) is 0 Å². The van der Waals surface area contributed by atoms with Crippen molar-refractivity contribution in [3.05, 3.63) is 35.2 Å². The number of likely N-dealkylation sites (tertiary alicyclic amines) is 1. The molecular weight excluding hydrogens is 375 g/mol. The molecule has 3 N–H and O–H groups in total. The molecule has 0 radical (unpaired) electrons. The normalized spacial score (nSPS) is 22.4. The number of piperidine rings is 1. The van der Waals surface area contributed by atoms with E-state index in [0.717, 1.165) is 0 Å². The second-order valence-corrected chi connectivity index (χ2v) is 7.52. The number of hydrogen-bond acceptors (Lipinski definition) is 6.